The van der Waals surface area contributed by atoms with Crippen LogP contribution in [-0.2, 0) is 18.7 Å². The highest BCUT2D eigenvalue weighted by atomic mass is 28.4. The minimum Gasteiger partial charge on any atom is -0.408 e. The van der Waals surface area contributed by atoms with Crippen molar-refractivity contribution in [1.29, 1.82) is 0 Å². The Balaban J connectivity index is 2.41. The normalized spacial score (nSPS) is 26.8. The maximum Gasteiger partial charge on any atom is 0.330 e. The lowest BCUT2D eigenvalue weighted by Crippen LogP contribution is -2.50. The number of hydrogen-bond acceptors (Lipinski definition) is 6. The number of rotatable bonds is 6. The van der Waals surface area contributed by atoms with E-state index in [0.29, 0.717) is 0 Å². The molecule has 26 heavy (non-hydrogen) atoms. The Morgan fingerprint density at radius 1 is 1.31 bits per heavy atom. The molecule has 0 aromatic carbocycles. The first-order chi connectivity index (χ1) is 12.0. The molecule has 8 nitrogen and oxygen atoms in total. The van der Waals surface area contributed by atoms with Gasteiger partial charge in [-0.3, -0.25) is 14.3 Å². The smallest absolute Gasteiger partial charge is 0.330 e. The van der Waals surface area contributed by atoms with Gasteiger partial charge in [0, 0.05) is 25.8 Å². The van der Waals surface area contributed by atoms with Gasteiger partial charge in [-0.05, 0) is 18.1 Å². The van der Waals surface area contributed by atoms with Gasteiger partial charge in [0.25, 0.3) is 5.56 Å². The van der Waals surface area contributed by atoms with E-state index in [9.17, 15) is 14.4 Å². The minimum absolute atomic E-state index is 0.0378. The van der Waals surface area contributed by atoms with Gasteiger partial charge in [-0.1, -0.05) is 20.8 Å². The molecular weight excluding hydrogens is 356 g/mol. The second kappa shape index (κ2) is 7.59. The van der Waals surface area contributed by atoms with Crippen LogP contribution in [0.3, 0.4) is 0 Å². The van der Waals surface area contributed by atoms with Crippen molar-refractivity contribution in [2.45, 2.75) is 69.9 Å². The van der Waals surface area contributed by atoms with Crippen molar-refractivity contribution in [3.8, 4) is 0 Å². The van der Waals surface area contributed by atoms with E-state index in [-0.39, 0.29) is 11.5 Å². The number of aromatic amines is 1. The number of hydrogen-bond donors (Lipinski definition) is 1. The number of H-pyrrole nitrogens is 1. The Labute approximate surface area is 153 Å². The van der Waals surface area contributed by atoms with Gasteiger partial charge in [-0.25, -0.2) is 4.79 Å². The molecule has 9 heteroatoms. The summed E-state index contributed by atoms with van der Waals surface area (Å²) in [6.07, 6.45) is -0.123. The second-order valence-corrected chi connectivity index (χ2v) is 12.8. The van der Waals surface area contributed by atoms with E-state index in [1.165, 1.54) is 23.9 Å². The summed E-state index contributed by atoms with van der Waals surface area (Å²) in [4.78, 5) is 36.9. The van der Waals surface area contributed by atoms with Crippen LogP contribution in [0.5, 0.6) is 0 Å². The number of ether oxygens (including phenoxy) is 2. The topological polar surface area (TPSA) is 99.6 Å². The Kier molecular flexibility index (Phi) is 6.06. The van der Waals surface area contributed by atoms with E-state index < -0.39 is 44.1 Å². The van der Waals surface area contributed by atoms with Crippen molar-refractivity contribution in [1.82, 2.24) is 9.55 Å². The molecule has 0 amide bonds. The number of nitrogens with one attached hydrogen (secondary N) is 1. The van der Waals surface area contributed by atoms with Gasteiger partial charge in [0.2, 0.25) is 0 Å². The average molecular weight is 385 g/mol. The predicted octanol–water partition coefficient (Wildman–Crippen LogP) is 1.43. The standard InChI is InChI=1S/C17H28N2O6Si/c1-17(2,3)26(5,6)25-13-11(8-10-20)24-15(14(13)23-4)19-9-7-12(21)18-16(19)22/h7,9-11,13-15H,8H2,1-6H3,(H,18,21,22)/t11-,13-,14-,15-/m1/s1. The van der Waals surface area contributed by atoms with Crippen LogP contribution < -0.4 is 11.2 Å². The maximum absolute atomic E-state index is 12.2. The monoisotopic (exact) mass is 384 g/mol. The average Bonchev–Trinajstić information content (AvgIpc) is 2.83. The summed E-state index contributed by atoms with van der Waals surface area (Å²) in [6.45, 7) is 10.6. The number of aromatic nitrogens is 2. The van der Waals surface area contributed by atoms with Gasteiger partial charge in [0.05, 0.1) is 6.10 Å². The van der Waals surface area contributed by atoms with Crippen molar-refractivity contribution in [3.63, 3.8) is 0 Å². The fraction of sp³-hybridized carbons (Fsp3) is 0.706. The molecule has 0 bridgehead atoms. The molecule has 1 N–H and O–H groups in total. The molecule has 1 aromatic rings. The summed E-state index contributed by atoms with van der Waals surface area (Å²) in [6, 6.07) is 1.24. The van der Waals surface area contributed by atoms with E-state index in [1.54, 1.807) is 0 Å². The highest BCUT2D eigenvalue weighted by Crippen LogP contribution is 2.42. The molecule has 1 fully saturated rings. The van der Waals surface area contributed by atoms with Gasteiger partial charge < -0.3 is 18.7 Å². The van der Waals surface area contributed by atoms with E-state index in [0.717, 1.165) is 6.29 Å². The molecule has 1 aliphatic rings. The van der Waals surface area contributed by atoms with Crippen LogP contribution in [0.2, 0.25) is 18.1 Å². The van der Waals surface area contributed by atoms with Crippen molar-refractivity contribution in [2.75, 3.05) is 7.11 Å². The number of methoxy groups -OCH3 is 1. The molecule has 146 valence electrons. The number of carbonyl (C=O) groups is 1. The summed E-state index contributed by atoms with van der Waals surface area (Å²) < 4.78 is 19.3. The van der Waals surface area contributed by atoms with Crippen LogP contribution >= 0.6 is 0 Å². The Hall–Kier alpha value is -1.55. The molecule has 0 saturated carbocycles. The van der Waals surface area contributed by atoms with Crippen molar-refractivity contribution in [3.05, 3.63) is 33.1 Å². The minimum atomic E-state index is -2.17. The van der Waals surface area contributed by atoms with E-state index in [1.807, 2.05) is 0 Å². The molecule has 0 spiro atoms. The van der Waals surface area contributed by atoms with Crippen molar-refractivity contribution < 1.29 is 18.7 Å². The third-order valence-corrected chi connectivity index (χ3v) is 9.72. The zero-order valence-corrected chi connectivity index (χ0v) is 17.1. The van der Waals surface area contributed by atoms with Crippen molar-refractivity contribution in [2.24, 2.45) is 0 Å². The third kappa shape index (κ3) is 4.06. The Morgan fingerprint density at radius 2 is 1.96 bits per heavy atom. The van der Waals surface area contributed by atoms with E-state index >= 15 is 0 Å². The van der Waals surface area contributed by atoms with Gasteiger partial charge in [-0.2, -0.15) is 0 Å². The molecule has 0 unspecified atom stereocenters. The summed E-state index contributed by atoms with van der Waals surface area (Å²) in [7, 11) is -0.656. The lowest BCUT2D eigenvalue weighted by Gasteiger charge is -2.40. The first-order valence-corrected chi connectivity index (χ1v) is 11.5. The molecule has 1 aliphatic heterocycles. The van der Waals surface area contributed by atoms with Gasteiger partial charge in [0.15, 0.2) is 14.5 Å². The highest BCUT2D eigenvalue weighted by Gasteiger charge is 2.51. The molecular formula is C17H28N2O6Si. The van der Waals surface area contributed by atoms with Crippen LogP contribution in [0.1, 0.15) is 33.4 Å². The van der Waals surface area contributed by atoms with Crippen LogP contribution in [0.4, 0.5) is 0 Å². The lowest BCUT2D eigenvalue weighted by molar-refractivity contribution is -0.112. The largest absolute Gasteiger partial charge is 0.408 e. The van der Waals surface area contributed by atoms with Crippen LogP contribution in [-0.4, -0.2) is 49.6 Å². The number of carbonyl (C=O) groups excluding carboxylic acids is 1. The van der Waals surface area contributed by atoms with E-state index in [4.69, 9.17) is 13.9 Å². The second-order valence-electron chi connectivity index (χ2n) is 8.03. The predicted molar refractivity (Wildman–Crippen MR) is 98.8 cm³/mol. The van der Waals surface area contributed by atoms with Crippen LogP contribution in [0.25, 0.3) is 0 Å². The molecule has 4 atom stereocenters. The number of nitrogens with zero attached hydrogens (tertiary/aromatic N) is 1. The summed E-state index contributed by atoms with van der Waals surface area (Å²) in [5.41, 5.74) is -1.08. The Morgan fingerprint density at radius 3 is 2.46 bits per heavy atom. The fourth-order valence-electron chi connectivity index (χ4n) is 2.75. The zero-order valence-electron chi connectivity index (χ0n) is 16.1. The quantitative estimate of drug-likeness (QED) is 0.588. The Bertz CT molecular complexity index is 751. The summed E-state index contributed by atoms with van der Waals surface area (Å²) in [5, 5.41) is -0.0378. The molecule has 1 aromatic heterocycles. The molecule has 1 saturated heterocycles. The molecule has 2 rings (SSSR count). The molecule has 2 heterocycles. The first kappa shape index (κ1) is 20.8. The van der Waals surface area contributed by atoms with Gasteiger partial charge in [0.1, 0.15) is 18.5 Å². The van der Waals surface area contributed by atoms with Gasteiger partial charge >= 0.3 is 5.69 Å². The molecule has 0 aliphatic carbocycles. The zero-order chi connectivity index (χ0) is 19.7. The lowest BCUT2D eigenvalue weighted by atomic mass is 10.1. The van der Waals surface area contributed by atoms with Gasteiger partial charge in [-0.15, -0.1) is 0 Å². The molecule has 0 radical (unpaired) electrons. The van der Waals surface area contributed by atoms with Crippen LogP contribution in [0.15, 0.2) is 21.9 Å². The first-order valence-electron chi connectivity index (χ1n) is 8.63. The van der Waals surface area contributed by atoms with Crippen LogP contribution in [0, 0.1) is 0 Å². The summed E-state index contributed by atoms with van der Waals surface area (Å²) in [5.74, 6) is 0. The van der Waals surface area contributed by atoms with Crippen molar-refractivity contribution >= 4 is 14.6 Å². The highest BCUT2D eigenvalue weighted by molar-refractivity contribution is 6.74. The third-order valence-electron chi connectivity index (χ3n) is 5.25. The maximum atomic E-state index is 12.2. The summed E-state index contributed by atoms with van der Waals surface area (Å²) >= 11 is 0. The fourth-order valence-corrected chi connectivity index (χ4v) is 4.07. The number of aldehydes is 1. The van der Waals surface area contributed by atoms with E-state index in [2.05, 4.69) is 38.8 Å². The SMILES string of the molecule is CO[C@@H]1[C@H](O[Si](C)(C)C(C)(C)C)[C@@H](CC=O)O[C@H]1n1ccc(=O)[nH]c1=O.